The topological polar surface area (TPSA) is 108 Å². The second-order valence-corrected chi connectivity index (χ2v) is 9.98. The molecule has 1 saturated heterocycles. The lowest BCUT2D eigenvalue weighted by molar-refractivity contribution is -0.129. The molecule has 4 aromatic rings. The van der Waals surface area contributed by atoms with Crippen LogP contribution in [0.5, 0.6) is 5.75 Å². The molecule has 194 valence electrons. The van der Waals surface area contributed by atoms with Crippen LogP contribution in [0.25, 0.3) is 11.3 Å². The Labute approximate surface area is 228 Å². The molecule has 0 saturated carbocycles. The number of aliphatic hydroxyl groups excluding tert-OH is 1. The molecule has 0 aliphatic carbocycles. The van der Waals surface area contributed by atoms with Crippen molar-refractivity contribution in [1.29, 1.82) is 0 Å². The van der Waals surface area contributed by atoms with E-state index < -0.39 is 18.1 Å². The van der Waals surface area contributed by atoms with E-state index in [-0.39, 0.29) is 25.0 Å². The molecule has 2 heterocycles. The summed E-state index contributed by atoms with van der Waals surface area (Å²) in [7, 11) is 0. The third-order valence-corrected chi connectivity index (χ3v) is 7.18. The molecule has 38 heavy (non-hydrogen) atoms. The van der Waals surface area contributed by atoms with Crippen molar-refractivity contribution in [3.63, 3.8) is 0 Å². The van der Waals surface area contributed by atoms with Crippen LogP contribution < -0.4 is 10.1 Å². The molecule has 9 heteroatoms. The first kappa shape index (κ1) is 25.7. The predicted octanol–water partition coefficient (Wildman–Crippen LogP) is 5.35. The van der Waals surface area contributed by atoms with Gasteiger partial charge in [0.2, 0.25) is 0 Å². The standard InChI is InChI=1S/C29H27BrN4O4/c1-18(19-5-3-2-4-6-19)26(27-31-17-24(32-27)20-7-11-22(30)12-8-20)34-28(36)25(33-29(34)37)21-9-13-23(14-10-21)38-16-15-35/h2-14,17-18,25-26,35H,15-16H2,1H3,(H,31,32)(H,33,37)/t18-,25+,26-/m0/s1. The van der Waals surface area contributed by atoms with E-state index in [2.05, 4.69) is 31.2 Å². The first-order chi connectivity index (χ1) is 18.5. The summed E-state index contributed by atoms with van der Waals surface area (Å²) in [6.07, 6.45) is 1.73. The highest BCUT2D eigenvalue weighted by atomic mass is 79.9. The van der Waals surface area contributed by atoms with Crippen LogP contribution in [0.15, 0.2) is 89.5 Å². The van der Waals surface area contributed by atoms with Crippen LogP contribution in [0.2, 0.25) is 0 Å². The summed E-state index contributed by atoms with van der Waals surface area (Å²) in [5.74, 6) is 0.510. The highest BCUT2D eigenvalue weighted by Crippen LogP contribution is 2.39. The zero-order valence-electron chi connectivity index (χ0n) is 20.7. The molecule has 5 rings (SSSR count). The SMILES string of the molecule is C[C@@H](c1ccccc1)[C@@H](c1ncc(-c2ccc(Br)cc2)[nH]1)N1C(=O)N[C@H](c2ccc(OCCO)cc2)C1=O. The summed E-state index contributed by atoms with van der Waals surface area (Å²) < 4.78 is 6.38. The van der Waals surface area contributed by atoms with Crippen LogP contribution >= 0.6 is 15.9 Å². The van der Waals surface area contributed by atoms with Crippen molar-refractivity contribution in [3.05, 3.63) is 106 Å². The number of rotatable bonds is 9. The van der Waals surface area contributed by atoms with Gasteiger partial charge in [-0.1, -0.05) is 77.5 Å². The van der Waals surface area contributed by atoms with Crippen LogP contribution in [0.4, 0.5) is 4.79 Å². The lowest BCUT2D eigenvalue weighted by Crippen LogP contribution is -2.38. The molecule has 8 nitrogen and oxygen atoms in total. The van der Waals surface area contributed by atoms with Gasteiger partial charge in [0.25, 0.3) is 5.91 Å². The molecule has 0 unspecified atom stereocenters. The Morgan fingerprint density at radius 1 is 1.03 bits per heavy atom. The summed E-state index contributed by atoms with van der Waals surface area (Å²) in [6, 6.07) is 22.6. The zero-order chi connectivity index (χ0) is 26.6. The number of carbonyl (C=O) groups is 2. The van der Waals surface area contributed by atoms with Crippen molar-refractivity contribution < 1.29 is 19.4 Å². The summed E-state index contributed by atoms with van der Waals surface area (Å²) in [5.41, 5.74) is 3.35. The number of imide groups is 1. The van der Waals surface area contributed by atoms with E-state index in [9.17, 15) is 9.59 Å². The molecule has 1 aromatic heterocycles. The summed E-state index contributed by atoms with van der Waals surface area (Å²) in [6.45, 7) is 2.07. The average Bonchev–Trinajstić information content (AvgIpc) is 3.54. The number of H-pyrrole nitrogens is 1. The minimum absolute atomic E-state index is 0.0921. The van der Waals surface area contributed by atoms with Crippen molar-refractivity contribution in [3.8, 4) is 17.0 Å². The molecular weight excluding hydrogens is 548 g/mol. The van der Waals surface area contributed by atoms with Gasteiger partial charge in [-0.2, -0.15) is 0 Å². The maximum Gasteiger partial charge on any atom is 0.325 e. The molecule has 3 atom stereocenters. The number of urea groups is 1. The Balaban J connectivity index is 1.48. The largest absolute Gasteiger partial charge is 0.491 e. The summed E-state index contributed by atoms with van der Waals surface area (Å²) >= 11 is 3.46. The Kier molecular flexibility index (Phi) is 7.57. The maximum absolute atomic E-state index is 13.8. The number of imidazole rings is 1. The molecule has 1 aliphatic rings. The number of hydrogen-bond donors (Lipinski definition) is 3. The van der Waals surface area contributed by atoms with Crippen LogP contribution in [-0.4, -0.2) is 45.1 Å². The van der Waals surface area contributed by atoms with E-state index in [4.69, 9.17) is 9.84 Å². The van der Waals surface area contributed by atoms with Gasteiger partial charge in [-0.15, -0.1) is 0 Å². The number of aromatic nitrogens is 2. The van der Waals surface area contributed by atoms with E-state index in [0.29, 0.717) is 17.1 Å². The maximum atomic E-state index is 13.8. The number of nitrogens with one attached hydrogen (secondary N) is 2. The molecule has 3 aromatic carbocycles. The normalized spacial score (nSPS) is 16.8. The second-order valence-electron chi connectivity index (χ2n) is 9.07. The monoisotopic (exact) mass is 574 g/mol. The average molecular weight is 575 g/mol. The van der Waals surface area contributed by atoms with Crippen molar-refractivity contribution in [1.82, 2.24) is 20.2 Å². The number of ether oxygens (including phenoxy) is 1. The van der Waals surface area contributed by atoms with E-state index >= 15 is 0 Å². The number of aromatic amines is 1. The Bertz CT molecular complexity index is 1410. The zero-order valence-corrected chi connectivity index (χ0v) is 22.3. The van der Waals surface area contributed by atoms with Crippen molar-refractivity contribution in [2.24, 2.45) is 0 Å². The third kappa shape index (κ3) is 5.20. The fourth-order valence-corrected chi connectivity index (χ4v) is 4.95. The van der Waals surface area contributed by atoms with Crippen molar-refractivity contribution in [2.75, 3.05) is 13.2 Å². The van der Waals surface area contributed by atoms with Gasteiger partial charge in [0.05, 0.1) is 18.5 Å². The number of halogens is 1. The van der Waals surface area contributed by atoms with Crippen LogP contribution in [0.1, 0.15) is 41.9 Å². The fourth-order valence-electron chi connectivity index (χ4n) is 4.69. The second kappa shape index (κ2) is 11.2. The van der Waals surface area contributed by atoms with Gasteiger partial charge in [-0.3, -0.25) is 9.69 Å². The number of hydrogen-bond acceptors (Lipinski definition) is 5. The van der Waals surface area contributed by atoms with Gasteiger partial charge in [0.15, 0.2) is 0 Å². The molecular formula is C29H27BrN4O4. The first-order valence-electron chi connectivity index (χ1n) is 12.3. The van der Waals surface area contributed by atoms with Gasteiger partial charge in [-0.05, 0) is 41.0 Å². The number of amides is 3. The van der Waals surface area contributed by atoms with Gasteiger partial charge >= 0.3 is 6.03 Å². The van der Waals surface area contributed by atoms with Gasteiger partial charge < -0.3 is 20.1 Å². The summed E-state index contributed by atoms with van der Waals surface area (Å²) in [5, 5.41) is 11.8. The Hall–Kier alpha value is -3.95. The lowest BCUT2D eigenvalue weighted by atomic mass is 9.91. The highest BCUT2D eigenvalue weighted by molar-refractivity contribution is 9.10. The van der Waals surface area contributed by atoms with Crippen molar-refractivity contribution >= 4 is 27.9 Å². The lowest BCUT2D eigenvalue weighted by Gasteiger charge is -2.29. The van der Waals surface area contributed by atoms with E-state index in [1.165, 1.54) is 4.90 Å². The van der Waals surface area contributed by atoms with Crippen LogP contribution in [-0.2, 0) is 4.79 Å². The van der Waals surface area contributed by atoms with E-state index in [1.807, 2.05) is 61.5 Å². The van der Waals surface area contributed by atoms with Crippen LogP contribution in [0, 0.1) is 0 Å². The highest BCUT2D eigenvalue weighted by Gasteiger charge is 2.46. The third-order valence-electron chi connectivity index (χ3n) is 6.65. The predicted molar refractivity (Wildman–Crippen MR) is 146 cm³/mol. The molecule has 0 spiro atoms. The molecule has 1 fully saturated rings. The summed E-state index contributed by atoms with van der Waals surface area (Å²) in [4.78, 5) is 36.4. The molecule has 3 amide bonds. The van der Waals surface area contributed by atoms with E-state index in [0.717, 1.165) is 21.3 Å². The van der Waals surface area contributed by atoms with Gasteiger partial charge in [0, 0.05) is 10.4 Å². The quantitative estimate of drug-likeness (QED) is 0.234. The fraction of sp³-hybridized carbons (Fsp3) is 0.207. The number of aliphatic hydroxyl groups is 1. The number of carbonyl (C=O) groups excluding carboxylic acids is 2. The minimum atomic E-state index is -0.833. The number of benzene rings is 3. The van der Waals surface area contributed by atoms with Gasteiger partial charge in [-0.25, -0.2) is 9.78 Å². The molecule has 0 radical (unpaired) electrons. The smallest absolute Gasteiger partial charge is 0.325 e. The van der Waals surface area contributed by atoms with E-state index in [1.54, 1.807) is 30.5 Å². The Morgan fingerprint density at radius 2 is 1.74 bits per heavy atom. The Morgan fingerprint density at radius 3 is 2.42 bits per heavy atom. The van der Waals surface area contributed by atoms with Crippen LogP contribution in [0.3, 0.4) is 0 Å². The molecule has 3 N–H and O–H groups in total. The molecule has 0 bridgehead atoms. The van der Waals surface area contributed by atoms with Gasteiger partial charge in [0.1, 0.15) is 30.3 Å². The first-order valence-corrected chi connectivity index (χ1v) is 13.1. The van der Waals surface area contributed by atoms with Crippen molar-refractivity contribution in [2.45, 2.75) is 24.9 Å². The molecule has 1 aliphatic heterocycles. The number of nitrogens with zero attached hydrogens (tertiary/aromatic N) is 2. The minimum Gasteiger partial charge on any atom is -0.491 e.